The Kier molecular flexibility index (Phi) is 10.9. The van der Waals surface area contributed by atoms with E-state index in [1.807, 2.05) is 36.4 Å². The van der Waals surface area contributed by atoms with Crippen LogP contribution < -0.4 is 0 Å². The van der Waals surface area contributed by atoms with Crippen LogP contribution >= 0.6 is 0 Å². The van der Waals surface area contributed by atoms with Crippen molar-refractivity contribution in [1.29, 1.82) is 0 Å². The van der Waals surface area contributed by atoms with E-state index >= 15 is 0 Å². The molecule has 4 aromatic carbocycles. The topological polar surface area (TPSA) is 121 Å². The van der Waals surface area contributed by atoms with Gasteiger partial charge in [0.25, 0.3) is 0 Å². The van der Waals surface area contributed by atoms with Gasteiger partial charge in [-0.3, -0.25) is 0 Å². The second-order valence-corrected chi connectivity index (χ2v) is 5.70. The molecule has 30 heavy (non-hydrogen) atoms. The van der Waals surface area contributed by atoms with E-state index in [1.54, 1.807) is 0 Å². The molecule has 4 rings (SSSR count). The minimum Gasteiger partial charge on any atom is -0.508 e. The summed E-state index contributed by atoms with van der Waals surface area (Å²) in [7, 11) is 0. The Morgan fingerprint density at radius 1 is 0.233 bits per heavy atom. The molecule has 0 amide bonds. The fourth-order valence-electron chi connectivity index (χ4n) is 1.74. The predicted molar refractivity (Wildman–Crippen MR) is 116 cm³/mol. The first-order valence-corrected chi connectivity index (χ1v) is 8.81. The molecule has 0 radical (unpaired) electrons. The number of phenols is 6. The summed E-state index contributed by atoms with van der Waals surface area (Å²) in [6.45, 7) is 0. The van der Waals surface area contributed by atoms with Gasteiger partial charge in [0.15, 0.2) is 0 Å². The Labute approximate surface area is 174 Å². The number of benzene rings is 4. The maximum atomic E-state index is 8.65. The van der Waals surface area contributed by atoms with E-state index in [0.29, 0.717) is 0 Å². The number of rotatable bonds is 0. The number of aromatic hydroxyl groups is 6. The Morgan fingerprint density at radius 3 is 0.433 bits per heavy atom. The average Bonchev–Trinajstić information content (AvgIpc) is 2.77. The van der Waals surface area contributed by atoms with Gasteiger partial charge in [-0.25, -0.2) is 0 Å². The van der Waals surface area contributed by atoms with Crippen molar-refractivity contribution in [2.75, 3.05) is 0 Å². The van der Waals surface area contributed by atoms with Crippen molar-refractivity contribution >= 4 is 0 Å². The Hall–Kier alpha value is -4.32. The van der Waals surface area contributed by atoms with Crippen molar-refractivity contribution in [3.05, 3.63) is 109 Å². The van der Waals surface area contributed by atoms with Crippen LogP contribution in [0.2, 0.25) is 0 Å². The Morgan fingerprint density at radius 2 is 0.333 bits per heavy atom. The van der Waals surface area contributed by atoms with Gasteiger partial charge in [-0.15, -0.1) is 0 Å². The predicted octanol–water partition coefficient (Wildman–Crippen LogP) is 4.98. The molecule has 0 aliphatic heterocycles. The summed E-state index contributed by atoms with van der Waals surface area (Å²) in [5.41, 5.74) is 0. The van der Waals surface area contributed by atoms with Crippen LogP contribution in [0.4, 0.5) is 0 Å². The number of hydrogen-bond donors (Lipinski definition) is 6. The maximum Gasteiger partial charge on any atom is 0.115 e. The second-order valence-electron chi connectivity index (χ2n) is 5.70. The van der Waals surface area contributed by atoms with Crippen LogP contribution in [-0.2, 0) is 0 Å². The van der Waals surface area contributed by atoms with Gasteiger partial charge >= 0.3 is 0 Å². The molecule has 0 saturated carbocycles. The van der Waals surface area contributed by atoms with Crippen molar-refractivity contribution in [1.82, 2.24) is 0 Å². The summed E-state index contributed by atoms with van der Waals surface area (Å²) in [4.78, 5) is 0. The van der Waals surface area contributed by atoms with Crippen LogP contribution in [0, 0.1) is 0 Å². The van der Waals surface area contributed by atoms with Crippen LogP contribution in [0.15, 0.2) is 109 Å². The summed E-state index contributed by atoms with van der Waals surface area (Å²) < 4.78 is 0. The molecule has 6 nitrogen and oxygen atoms in total. The first-order valence-electron chi connectivity index (χ1n) is 8.81. The highest BCUT2D eigenvalue weighted by Crippen LogP contribution is 2.14. The Bertz CT molecular complexity index is 729. The van der Waals surface area contributed by atoms with Gasteiger partial charge in [-0.1, -0.05) is 36.4 Å². The quantitative estimate of drug-likeness (QED) is 0.228. The van der Waals surface area contributed by atoms with E-state index < -0.39 is 0 Å². The largest absolute Gasteiger partial charge is 0.508 e. The van der Waals surface area contributed by atoms with Crippen molar-refractivity contribution in [3.8, 4) is 34.5 Å². The van der Waals surface area contributed by atoms with E-state index in [9.17, 15) is 0 Å². The molecule has 6 N–H and O–H groups in total. The monoisotopic (exact) mass is 408 g/mol. The number of phenolic OH excluding ortho intramolecular Hbond substituents is 6. The molecule has 0 aliphatic carbocycles. The summed E-state index contributed by atoms with van der Waals surface area (Å²) in [5.74, 6) is 1.02. The van der Waals surface area contributed by atoms with E-state index in [4.69, 9.17) is 30.6 Å². The average molecular weight is 408 g/mol. The van der Waals surface area contributed by atoms with Gasteiger partial charge in [-0.05, 0) is 72.8 Å². The van der Waals surface area contributed by atoms with Crippen molar-refractivity contribution in [3.63, 3.8) is 0 Å². The standard InChI is InChI=1S/3C6H6O2.C6H6/c3*7-5-1-2-6(8)4-3-5;1-2-4-6-5-3-1/h3*1-4,7-8H;1-6H. The minimum atomic E-state index is 0.169. The number of hydrogen-bond acceptors (Lipinski definition) is 6. The maximum absolute atomic E-state index is 8.65. The molecule has 0 saturated heterocycles. The SMILES string of the molecule is Oc1ccc(O)cc1.Oc1ccc(O)cc1.Oc1ccc(O)cc1.c1ccccc1. The highest BCUT2D eigenvalue weighted by atomic mass is 16.3. The van der Waals surface area contributed by atoms with Crippen LogP contribution in [0.5, 0.6) is 34.5 Å². The van der Waals surface area contributed by atoms with Crippen LogP contribution in [0.3, 0.4) is 0 Å². The van der Waals surface area contributed by atoms with Crippen molar-refractivity contribution in [2.24, 2.45) is 0 Å². The third kappa shape index (κ3) is 12.1. The molecule has 0 aromatic heterocycles. The zero-order chi connectivity index (χ0) is 22.2. The first kappa shape index (κ1) is 23.7. The zero-order valence-corrected chi connectivity index (χ0v) is 16.1. The van der Waals surface area contributed by atoms with Crippen LogP contribution in [0.1, 0.15) is 0 Å². The molecule has 0 bridgehead atoms. The van der Waals surface area contributed by atoms with Gasteiger partial charge in [0, 0.05) is 0 Å². The lowest BCUT2D eigenvalue weighted by atomic mass is 10.3. The molecule has 6 heteroatoms. The normalized spacial score (nSPS) is 8.80. The molecular formula is C24H24O6. The molecule has 156 valence electrons. The molecule has 0 fully saturated rings. The molecular weight excluding hydrogens is 384 g/mol. The Balaban J connectivity index is 0.000000201. The molecule has 4 aromatic rings. The third-order valence-corrected chi connectivity index (χ3v) is 3.22. The van der Waals surface area contributed by atoms with Crippen LogP contribution in [-0.4, -0.2) is 30.6 Å². The smallest absolute Gasteiger partial charge is 0.115 e. The van der Waals surface area contributed by atoms with Gasteiger partial charge in [0.2, 0.25) is 0 Å². The first-order chi connectivity index (χ1) is 14.4. The van der Waals surface area contributed by atoms with Crippen LogP contribution in [0.25, 0.3) is 0 Å². The van der Waals surface area contributed by atoms with Gasteiger partial charge in [0.1, 0.15) is 34.5 Å². The molecule has 0 unspecified atom stereocenters. The second kappa shape index (κ2) is 13.8. The molecule has 0 spiro atoms. The lowest BCUT2D eigenvalue weighted by molar-refractivity contribution is 0.460. The summed E-state index contributed by atoms with van der Waals surface area (Å²) in [6, 6.07) is 29.1. The van der Waals surface area contributed by atoms with Crippen molar-refractivity contribution < 1.29 is 30.6 Å². The van der Waals surface area contributed by atoms with Gasteiger partial charge in [-0.2, -0.15) is 0 Å². The molecule has 0 atom stereocenters. The molecule has 0 heterocycles. The molecule has 0 aliphatic rings. The lowest BCUT2D eigenvalue weighted by Crippen LogP contribution is -1.61. The fraction of sp³-hybridized carbons (Fsp3) is 0. The van der Waals surface area contributed by atoms with Gasteiger partial charge in [0.05, 0.1) is 0 Å². The van der Waals surface area contributed by atoms with Crippen molar-refractivity contribution in [2.45, 2.75) is 0 Å². The van der Waals surface area contributed by atoms with Gasteiger partial charge < -0.3 is 30.6 Å². The highest BCUT2D eigenvalue weighted by molar-refractivity contribution is 5.30. The summed E-state index contributed by atoms with van der Waals surface area (Å²) >= 11 is 0. The van der Waals surface area contributed by atoms with E-state index in [0.717, 1.165) is 0 Å². The van der Waals surface area contributed by atoms with E-state index in [2.05, 4.69) is 0 Å². The van der Waals surface area contributed by atoms with E-state index in [1.165, 1.54) is 72.8 Å². The van der Waals surface area contributed by atoms with E-state index in [-0.39, 0.29) is 34.5 Å². The fourth-order valence-corrected chi connectivity index (χ4v) is 1.74. The highest BCUT2D eigenvalue weighted by Gasteiger charge is 1.85. The summed E-state index contributed by atoms with van der Waals surface area (Å²) in [5, 5.41) is 51.9. The zero-order valence-electron chi connectivity index (χ0n) is 16.1. The minimum absolute atomic E-state index is 0.169. The summed E-state index contributed by atoms with van der Waals surface area (Å²) in [6.07, 6.45) is 0. The lowest BCUT2D eigenvalue weighted by Gasteiger charge is -1.88. The third-order valence-electron chi connectivity index (χ3n) is 3.22.